The molecule has 1 aromatic rings. The summed E-state index contributed by atoms with van der Waals surface area (Å²) < 4.78 is 5.10. The van der Waals surface area contributed by atoms with Crippen LogP contribution in [0.3, 0.4) is 0 Å². The number of carboxylic acid groups (broad SMARTS) is 1. The number of hydrogen-bond donors (Lipinski definition) is 3. The van der Waals surface area contributed by atoms with E-state index >= 15 is 0 Å². The number of hydrogen-bond acceptors (Lipinski definition) is 4. The van der Waals surface area contributed by atoms with Crippen LogP contribution in [0.1, 0.15) is 17.7 Å². The van der Waals surface area contributed by atoms with Crippen molar-refractivity contribution in [1.29, 1.82) is 0 Å². The number of H-pyrrole nitrogens is 1. The summed E-state index contributed by atoms with van der Waals surface area (Å²) in [5, 5.41) is 18.6. The summed E-state index contributed by atoms with van der Waals surface area (Å²) >= 11 is 0. The summed E-state index contributed by atoms with van der Waals surface area (Å²) in [6.07, 6.45) is 3.36. The fourth-order valence-electron chi connectivity index (χ4n) is 2.25. The highest BCUT2D eigenvalue weighted by atomic mass is 16.5. The third-order valence-corrected chi connectivity index (χ3v) is 3.51. The molecule has 8 nitrogen and oxygen atoms in total. The Labute approximate surface area is 122 Å². The Morgan fingerprint density at radius 1 is 1.62 bits per heavy atom. The predicted molar refractivity (Wildman–Crippen MR) is 74.0 cm³/mol. The molecule has 0 radical (unpaired) electrons. The highest BCUT2D eigenvalue weighted by molar-refractivity contribution is 5.82. The summed E-state index contributed by atoms with van der Waals surface area (Å²) in [6, 6.07) is -1.26. The van der Waals surface area contributed by atoms with Gasteiger partial charge in [-0.1, -0.05) is 0 Å². The topological polar surface area (TPSA) is 108 Å². The number of amides is 2. The number of nitrogens with zero attached hydrogens (tertiary/aromatic N) is 2. The van der Waals surface area contributed by atoms with E-state index in [9.17, 15) is 9.59 Å². The lowest BCUT2D eigenvalue weighted by Crippen LogP contribution is -2.55. The van der Waals surface area contributed by atoms with Crippen molar-refractivity contribution in [1.82, 2.24) is 20.4 Å². The van der Waals surface area contributed by atoms with Crippen LogP contribution in [-0.4, -0.2) is 64.5 Å². The third kappa shape index (κ3) is 3.94. The van der Waals surface area contributed by atoms with Crippen LogP contribution in [0.5, 0.6) is 0 Å². The molecule has 8 heteroatoms. The first-order valence-electron chi connectivity index (χ1n) is 6.93. The zero-order chi connectivity index (χ0) is 15.2. The van der Waals surface area contributed by atoms with E-state index in [0.29, 0.717) is 19.7 Å². The van der Waals surface area contributed by atoms with E-state index in [1.807, 2.05) is 6.92 Å². The number of nitrogens with one attached hydrogen (secondary N) is 2. The van der Waals surface area contributed by atoms with E-state index < -0.39 is 12.0 Å². The van der Waals surface area contributed by atoms with Gasteiger partial charge in [-0.3, -0.25) is 5.10 Å². The van der Waals surface area contributed by atoms with Crippen LogP contribution in [0.15, 0.2) is 6.20 Å². The number of aromatic amines is 1. The Morgan fingerprint density at radius 2 is 2.43 bits per heavy atom. The first-order chi connectivity index (χ1) is 10.1. The highest BCUT2D eigenvalue weighted by Gasteiger charge is 2.32. The second kappa shape index (κ2) is 7.07. The fourth-order valence-corrected chi connectivity index (χ4v) is 2.25. The standard InChI is InChI=1S/C13H20N4O4/c1-9-10(7-15-16-9)3-2-4-14-13(20)17-5-6-21-8-11(17)12(18)19/h7,11H,2-6,8H2,1H3,(H,14,20)(H,15,16)(H,18,19). The van der Waals surface area contributed by atoms with Crippen LogP contribution < -0.4 is 5.32 Å². The van der Waals surface area contributed by atoms with Gasteiger partial charge in [-0.05, 0) is 25.3 Å². The van der Waals surface area contributed by atoms with Crippen LogP contribution in [0.25, 0.3) is 0 Å². The number of morpholine rings is 1. The first-order valence-corrected chi connectivity index (χ1v) is 6.93. The maximum Gasteiger partial charge on any atom is 0.328 e. The lowest BCUT2D eigenvalue weighted by molar-refractivity contribution is -0.147. The molecule has 2 amide bonds. The molecule has 1 fully saturated rings. The summed E-state index contributed by atoms with van der Waals surface area (Å²) in [5.41, 5.74) is 2.15. The van der Waals surface area contributed by atoms with Crippen molar-refractivity contribution in [2.45, 2.75) is 25.8 Å². The summed E-state index contributed by atoms with van der Waals surface area (Å²) in [6.45, 7) is 3.14. The lowest BCUT2D eigenvalue weighted by Gasteiger charge is -2.32. The van der Waals surface area contributed by atoms with Gasteiger partial charge in [0, 0.05) is 18.8 Å². The number of aliphatic carboxylic acids is 1. The number of rotatable bonds is 5. The van der Waals surface area contributed by atoms with Crippen molar-refractivity contribution < 1.29 is 19.4 Å². The minimum atomic E-state index is -1.04. The molecule has 3 N–H and O–H groups in total. The largest absolute Gasteiger partial charge is 0.480 e. The Balaban J connectivity index is 1.75. The molecule has 0 aliphatic carbocycles. The summed E-state index contributed by atoms with van der Waals surface area (Å²) in [7, 11) is 0. The predicted octanol–water partition coefficient (Wildman–Crippen LogP) is 0.146. The van der Waals surface area contributed by atoms with Crippen LogP contribution in [-0.2, 0) is 16.0 Å². The van der Waals surface area contributed by atoms with E-state index in [1.165, 1.54) is 4.90 Å². The molecule has 1 aliphatic heterocycles. The normalized spacial score (nSPS) is 18.5. The number of aryl methyl sites for hydroxylation is 2. The fraction of sp³-hybridized carbons (Fsp3) is 0.615. The van der Waals surface area contributed by atoms with Crippen molar-refractivity contribution >= 4 is 12.0 Å². The van der Waals surface area contributed by atoms with Crippen molar-refractivity contribution in [3.63, 3.8) is 0 Å². The average molecular weight is 296 g/mol. The minimum absolute atomic E-state index is 0.0387. The van der Waals surface area contributed by atoms with Gasteiger partial charge in [0.15, 0.2) is 6.04 Å². The minimum Gasteiger partial charge on any atom is -0.480 e. The molecule has 0 saturated carbocycles. The van der Waals surface area contributed by atoms with E-state index in [2.05, 4.69) is 15.5 Å². The summed E-state index contributed by atoms with van der Waals surface area (Å²) in [4.78, 5) is 24.4. The van der Waals surface area contributed by atoms with Gasteiger partial charge >= 0.3 is 12.0 Å². The van der Waals surface area contributed by atoms with E-state index in [4.69, 9.17) is 9.84 Å². The quantitative estimate of drug-likeness (QED) is 0.670. The lowest BCUT2D eigenvalue weighted by atomic mass is 10.1. The molecular weight excluding hydrogens is 276 g/mol. The Bertz CT molecular complexity index is 502. The number of carbonyl (C=O) groups is 2. The number of ether oxygens (including phenoxy) is 1. The maximum absolute atomic E-state index is 12.0. The Hall–Kier alpha value is -2.09. The zero-order valence-corrected chi connectivity index (χ0v) is 12.0. The number of urea groups is 1. The maximum atomic E-state index is 12.0. The van der Waals surface area contributed by atoms with Gasteiger partial charge in [0.05, 0.1) is 19.4 Å². The molecule has 21 heavy (non-hydrogen) atoms. The molecule has 2 rings (SSSR count). The molecule has 1 aliphatic rings. The molecule has 116 valence electrons. The van der Waals surface area contributed by atoms with Gasteiger partial charge in [-0.15, -0.1) is 0 Å². The number of aromatic nitrogens is 2. The van der Waals surface area contributed by atoms with Gasteiger partial charge in [-0.25, -0.2) is 9.59 Å². The first kappa shape index (κ1) is 15.3. The average Bonchev–Trinajstić information content (AvgIpc) is 2.88. The van der Waals surface area contributed by atoms with E-state index in [-0.39, 0.29) is 12.6 Å². The Morgan fingerprint density at radius 3 is 3.10 bits per heavy atom. The van der Waals surface area contributed by atoms with Crippen LogP contribution in [0, 0.1) is 6.92 Å². The van der Waals surface area contributed by atoms with Gasteiger partial charge < -0.3 is 20.1 Å². The molecule has 0 spiro atoms. The molecule has 0 aromatic carbocycles. The number of carboxylic acids is 1. The van der Waals surface area contributed by atoms with Gasteiger partial charge in [0.1, 0.15) is 0 Å². The molecule has 1 saturated heterocycles. The molecule has 1 atom stereocenters. The Kier molecular flexibility index (Phi) is 5.15. The summed E-state index contributed by atoms with van der Waals surface area (Å²) in [5.74, 6) is -1.04. The van der Waals surface area contributed by atoms with Crippen molar-refractivity contribution in [2.24, 2.45) is 0 Å². The van der Waals surface area contributed by atoms with Crippen LogP contribution >= 0.6 is 0 Å². The van der Waals surface area contributed by atoms with E-state index in [1.54, 1.807) is 6.20 Å². The monoisotopic (exact) mass is 296 g/mol. The highest BCUT2D eigenvalue weighted by Crippen LogP contribution is 2.08. The molecular formula is C13H20N4O4. The van der Waals surface area contributed by atoms with Crippen LogP contribution in [0.4, 0.5) is 4.79 Å². The van der Waals surface area contributed by atoms with Crippen molar-refractivity contribution in [3.8, 4) is 0 Å². The molecule has 1 aromatic heterocycles. The van der Waals surface area contributed by atoms with Crippen LogP contribution in [0.2, 0.25) is 0 Å². The van der Waals surface area contributed by atoms with Gasteiger partial charge in [0.2, 0.25) is 0 Å². The smallest absolute Gasteiger partial charge is 0.328 e. The molecule has 2 heterocycles. The second-order valence-corrected chi connectivity index (χ2v) is 4.98. The third-order valence-electron chi connectivity index (χ3n) is 3.51. The number of carbonyl (C=O) groups excluding carboxylic acids is 1. The molecule has 0 bridgehead atoms. The van der Waals surface area contributed by atoms with Crippen molar-refractivity contribution in [2.75, 3.05) is 26.3 Å². The van der Waals surface area contributed by atoms with Crippen molar-refractivity contribution in [3.05, 3.63) is 17.5 Å². The molecule has 1 unspecified atom stereocenters. The SMILES string of the molecule is Cc1[nH]ncc1CCCNC(=O)N1CCOCC1C(=O)O. The second-order valence-electron chi connectivity index (χ2n) is 4.98. The van der Waals surface area contributed by atoms with Gasteiger partial charge in [0.25, 0.3) is 0 Å². The van der Waals surface area contributed by atoms with Gasteiger partial charge in [-0.2, -0.15) is 5.10 Å². The van der Waals surface area contributed by atoms with E-state index in [0.717, 1.165) is 24.1 Å². The zero-order valence-electron chi connectivity index (χ0n) is 12.0.